The molecule has 3 heterocycles. The molecule has 4 aromatic rings. The maximum Gasteiger partial charge on any atom is 0.340 e. The van der Waals surface area contributed by atoms with Gasteiger partial charge < -0.3 is 4.74 Å². The summed E-state index contributed by atoms with van der Waals surface area (Å²) in [5, 5.41) is 0.132. The van der Waals surface area contributed by atoms with Crippen LogP contribution < -0.4 is 5.56 Å². The number of Topliss-reactive ketones (excluding diaryl/α,β-unsaturated/α-hetero) is 1. The van der Waals surface area contributed by atoms with Crippen molar-refractivity contribution in [2.24, 2.45) is 0 Å². The highest BCUT2D eigenvalue weighted by Gasteiger charge is 2.22. The number of ketones is 1. The van der Waals surface area contributed by atoms with Crippen molar-refractivity contribution in [2.75, 3.05) is 12.9 Å². The second-order valence-corrected chi connectivity index (χ2v) is 11.1. The number of hydrogen-bond acceptors (Lipinski definition) is 8. The zero-order valence-electron chi connectivity index (χ0n) is 18.6. The number of aryl methyl sites for hydroxylation is 1. The summed E-state index contributed by atoms with van der Waals surface area (Å²) < 4.78 is 43.6. The smallest absolute Gasteiger partial charge is 0.340 e. The van der Waals surface area contributed by atoms with Crippen molar-refractivity contribution in [1.82, 2.24) is 9.55 Å². The lowest BCUT2D eigenvalue weighted by atomic mass is 10.0. The Balaban J connectivity index is 1.61. The highest BCUT2D eigenvalue weighted by molar-refractivity contribution is 7.94. The van der Waals surface area contributed by atoms with Gasteiger partial charge in [0.15, 0.2) is 20.8 Å². The van der Waals surface area contributed by atoms with Gasteiger partial charge in [0.05, 0.1) is 12.7 Å². The first-order valence-electron chi connectivity index (χ1n) is 10.3. The van der Waals surface area contributed by atoms with E-state index in [0.717, 1.165) is 17.7 Å². The molecule has 1 aromatic carbocycles. The van der Waals surface area contributed by atoms with Gasteiger partial charge in [0.1, 0.15) is 15.8 Å². The lowest BCUT2D eigenvalue weighted by Crippen LogP contribution is -2.22. The van der Waals surface area contributed by atoms with Crippen LogP contribution in [0, 0.1) is 12.1 Å². The van der Waals surface area contributed by atoms with Gasteiger partial charge in [-0.15, -0.1) is 0 Å². The molecule has 0 aliphatic heterocycles. The van der Waals surface area contributed by atoms with Gasteiger partial charge in [0.25, 0.3) is 5.56 Å². The number of carbonyl (C=O) groups excluding carboxylic acids is 2. The summed E-state index contributed by atoms with van der Waals surface area (Å²) in [4.78, 5) is 42.0. The fraction of sp³-hybridized carbons (Fsp3) is 0.167. The van der Waals surface area contributed by atoms with Crippen LogP contribution in [0.4, 0.5) is 4.39 Å². The van der Waals surface area contributed by atoms with Crippen molar-refractivity contribution in [1.29, 1.82) is 0 Å². The lowest BCUT2D eigenvalue weighted by Gasteiger charge is -2.11. The SMILES string of the molecule is COC(=O)c1cn(-c2ccc(CC(=O)CS(=O)(=O)c3ccc(F)s3)cn2)c(=O)c2ccc(C)cc12. The van der Waals surface area contributed by atoms with Crippen LogP contribution in [0.3, 0.4) is 0 Å². The first kappa shape index (κ1) is 24.4. The second-order valence-electron chi connectivity index (χ2n) is 7.82. The maximum atomic E-state index is 13.2. The van der Waals surface area contributed by atoms with Gasteiger partial charge in [0, 0.05) is 29.6 Å². The van der Waals surface area contributed by atoms with Gasteiger partial charge in [-0.2, -0.15) is 4.39 Å². The Labute approximate surface area is 203 Å². The van der Waals surface area contributed by atoms with Gasteiger partial charge in [-0.3, -0.25) is 14.2 Å². The summed E-state index contributed by atoms with van der Waals surface area (Å²) in [7, 11) is -2.69. The Morgan fingerprint density at radius 2 is 1.89 bits per heavy atom. The van der Waals surface area contributed by atoms with E-state index in [-0.39, 0.29) is 22.0 Å². The molecule has 11 heteroatoms. The van der Waals surface area contributed by atoms with E-state index in [0.29, 0.717) is 27.7 Å². The van der Waals surface area contributed by atoms with Crippen LogP contribution in [0.1, 0.15) is 21.5 Å². The first-order valence-corrected chi connectivity index (χ1v) is 12.8. The summed E-state index contributed by atoms with van der Waals surface area (Å²) in [6.07, 6.45) is 2.50. The lowest BCUT2D eigenvalue weighted by molar-refractivity contribution is -0.116. The number of esters is 1. The molecule has 4 rings (SSSR count). The number of nitrogens with zero attached hydrogens (tertiary/aromatic N) is 2. The van der Waals surface area contributed by atoms with E-state index in [9.17, 15) is 27.2 Å². The van der Waals surface area contributed by atoms with Crippen molar-refractivity contribution in [3.05, 3.63) is 87.0 Å². The monoisotopic (exact) mass is 514 g/mol. The fourth-order valence-electron chi connectivity index (χ4n) is 3.59. The van der Waals surface area contributed by atoms with Gasteiger partial charge in [-0.05, 0) is 36.8 Å². The molecule has 0 atom stereocenters. The van der Waals surface area contributed by atoms with Gasteiger partial charge >= 0.3 is 5.97 Å². The number of ether oxygens (including phenoxy) is 1. The highest BCUT2D eigenvalue weighted by atomic mass is 32.2. The molecule has 180 valence electrons. The molecule has 0 N–H and O–H groups in total. The number of methoxy groups -OCH3 is 1. The maximum absolute atomic E-state index is 13.2. The number of rotatable bonds is 7. The van der Waals surface area contributed by atoms with E-state index >= 15 is 0 Å². The summed E-state index contributed by atoms with van der Waals surface area (Å²) in [5.41, 5.74) is 1.11. The third-order valence-electron chi connectivity index (χ3n) is 5.24. The minimum Gasteiger partial charge on any atom is -0.465 e. The molecule has 35 heavy (non-hydrogen) atoms. The van der Waals surface area contributed by atoms with Crippen molar-refractivity contribution in [3.8, 4) is 5.82 Å². The van der Waals surface area contributed by atoms with Crippen LogP contribution in [0.2, 0.25) is 0 Å². The van der Waals surface area contributed by atoms with Crippen LogP contribution in [0.25, 0.3) is 16.6 Å². The largest absolute Gasteiger partial charge is 0.465 e. The highest BCUT2D eigenvalue weighted by Crippen LogP contribution is 2.22. The molecule has 0 fully saturated rings. The van der Waals surface area contributed by atoms with Crippen LogP contribution in [-0.2, 0) is 25.8 Å². The number of hydrogen-bond donors (Lipinski definition) is 0. The molecule has 0 radical (unpaired) electrons. The zero-order valence-corrected chi connectivity index (χ0v) is 20.3. The minimum atomic E-state index is -3.94. The van der Waals surface area contributed by atoms with E-state index < -0.39 is 38.0 Å². The number of thiophene rings is 1. The van der Waals surface area contributed by atoms with Crippen molar-refractivity contribution in [3.63, 3.8) is 0 Å². The third-order valence-corrected chi connectivity index (χ3v) is 8.37. The Bertz CT molecular complexity index is 1620. The van der Waals surface area contributed by atoms with Crippen molar-refractivity contribution < 1.29 is 27.1 Å². The number of aromatic nitrogens is 2. The topological polar surface area (TPSA) is 112 Å². The molecular weight excluding hydrogens is 495 g/mol. The number of pyridine rings is 2. The average Bonchev–Trinajstić information content (AvgIpc) is 3.26. The van der Waals surface area contributed by atoms with E-state index in [1.54, 1.807) is 24.3 Å². The average molecular weight is 515 g/mol. The van der Waals surface area contributed by atoms with Crippen molar-refractivity contribution >= 4 is 43.7 Å². The molecule has 8 nitrogen and oxygen atoms in total. The van der Waals surface area contributed by atoms with Gasteiger partial charge in [-0.25, -0.2) is 18.2 Å². The van der Waals surface area contributed by atoms with Crippen LogP contribution in [0.15, 0.2) is 63.9 Å². The number of sulfone groups is 1. The summed E-state index contributed by atoms with van der Waals surface area (Å²) in [6, 6.07) is 10.3. The third kappa shape index (κ3) is 5.05. The Morgan fingerprint density at radius 3 is 2.51 bits per heavy atom. The summed E-state index contributed by atoms with van der Waals surface area (Å²) >= 11 is 0.466. The number of benzene rings is 1. The first-order chi connectivity index (χ1) is 16.6. The van der Waals surface area contributed by atoms with E-state index in [1.165, 1.54) is 30.1 Å². The van der Waals surface area contributed by atoms with Crippen molar-refractivity contribution in [2.45, 2.75) is 17.6 Å². The molecule has 0 amide bonds. The normalized spacial score (nSPS) is 11.5. The summed E-state index contributed by atoms with van der Waals surface area (Å²) in [5.74, 6) is -1.75. The second kappa shape index (κ2) is 9.51. The number of fused-ring (bicyclic) bond motifs is 1. The number of halogens is 1. The predicted molar refractivity (Wildman–Crippen MR) is 128 cm³/mol. The van der Waals surface area contributed by atoms with Crippen LogP contribution in [-0.4, -0.2) is 42.6 Å². The van der Waals surface area contributed by atoms with E-state index in [2.05, 4.69) is 4.98 Å². The quantitative estimate of drug-likeness (QED) is 0.348. The van der Waals surface area contributed by atoms with E-state index in [4.69, 9.17) is 4.74 Å². The molecule has 0 aliphatic carbocycles. The predicted octanol–water partition coefficient (Wildman–Crippen LogP) is 3.27. The van der Waals surface area contributed by atoms with Gasteiger partial charge in [-0.1, -0.05) is 35.1 Å². The van der Waals surface area contributed by atoms with E-state index in [1.807, 2.05) is 6.92 Å². The standard InChI is InChI=1S/C24H19FN2O6S2/c1-14-3-5-17-18(9-14)19(24(30)33-2)12-27(23(17)29)21-7-4-15(11-26-21)10-16(28)13-35(31,32)22-8-6-20(25)34-22/h3-9,11-12H,10,13H2,1-2H3. The molecule has 0 saturated heterocycles. The molecule has 0 bridgehead atoms. The molecule has 3 aromatic heterocycles. The molecule has 0 saturated carbocycles. The zero-order chi connectivity index (χ0) is 25.3. The summed E-state index contributed by atoms with van der Waals surface area (Å²) in [6.45, 7) is 1.84. The Kier molecular flexibility index (Phi) is 6.64. The van der Waals surface area contributed by atoms with Gasteiger partial charge in [0.2, 0.25) is 0 Å². The molecule has 0 spiro atoms. The molecular formula is C24H19FN2O6S2. The van der Waals surface area contributed by atoms with Crippen LogP contribution in [0.5, 0.6) is 0 Å². The van der Waals surface area contributed by atoms with Crippen LogP contribution >= 0.6 is 11.3 Å². The molecule has 0 aliphatic rings. The number of carbonyl (C=O) groups is 2. The minimum absolute atomic E-state index is 0.196. The fourth-order valence-corrected chi connectivity index (χ4v) is 5.92. The Hall–Kier alpha value is -3.70. The molecule has 0 unspecified atom stereocenters. The Morgan fingerprint density at radius 1 is 1.11 bits per heavy atom.